The van der Waals surface area contributed by atoms with E-state index in [1.54, 1.807) is 6.92 Å². The summed E-state index contributed by atoms with van der Waals surface area (Å²) in [5, 5.41) is 77.5. The fourth-order valence-corrected chi connectivity index (χ4v) is 11.0. The highest BCUT2D eigenvalue weighted by Crippen LogP contribution is 2.20. The number of amides is 14. The first-order chi connectivity index (χ1) is 50.5. The van der Waals surface area contributed by atoms with E-state index in [4.69, 9.17) is 33.8 Å². The van der Waals surface area contributed by atoms with Gasteiger partial charge in [0.05, 0.1) is 25.6 Å². The molecule has 1 aliphatic heterocycles. The molecule has 40 nitrogen and oxygen atoms in total. The third kappa shape index (κ3) is 34.3. The van der Waals surface area contributed by atoms with E-state index in [-0.39, 0.29) is 50.9 Å². The summed E-state index contributed by atoms with van der Waals surface area (Å²) < 4.78 is 0. The summed E-state index contributed by atoms with van der Waals surface area (Å²) in [5.74, 6) is -20.0. The Balaban J connectivity index is 2.40. The lowest BCUT2D eigenvalue weighted by atomic mass is 9.96. The van der Waals surface area contributed by atoms with E-state index in [1.807, 2.05) is 0 Å². The number of phenols is 1. The SMILES string of the molecule is CC[C@H](C)[C@H](NC(=O)[C@H](CC(N)=O)NC(=O)[C@@H](NC(=O)[C@H](Cc1ccc(O)cc1)NC(=O)[C@H](CCC(=O)O)NC(=O)CNC(=O)[C@@H]1CCCN1C(=O)[C@H](CO)NC(=O)[C@H](CCCCN)NC(=O)[C@H](CCCCN)NC(=O)[C@@H](N)CCCCN)C(C)C)C(=O)N[C@@H](CCC(=O)O)C(=O)N[C@@H](C)C(=O)NCC(=O)O. The maximum absolute atomic E-state index is 14.5. The average molecular weight is 1520 g/mol. The van der Waals surface area contributed by atoms with Gasteiger partial charge in [0.15, 0.2) is 0 Å². The molecule has 2 rings (SSSR count). The van der Waals surface area contributed by atoms with Crippen LogP contribution in [0.3, 0.4) is 0 Å². The molecule has 1 saturated heterocycles. The van der Waals surface area contributed by atoms with Crippen molar-refractivity contribution in [2.24, 2.45) is 40.5 Å². The van der Waals surface area contributed by atoms with Crippen molar-refractivity contribution in [1.82, 2.24) is 68.7 Å². The Morgan fingerprint density at radius 2 is 0.944 bits per heavy atom. The van der Waals surface area contributed by atoms with Crippen LogP contribution in [0.25, 0.3) is 0 Å². The molecule has 0 saturated carbocycles. The highest BCUT2D eigenvalue weighted by atomic mass is 16.4. The van der Waals surface area contributed by atoms with Crippen LogP contribution in [0, 0.1) is 11.8 Å². The summed E-state index contributed by atoms with van der Waals surface area (Å²) in [7, 11) is 0. The molecule has 0 spiro atoms. The van der Waals surface area contributed by atoms with E-state index in [1.165, 1.54) is 52.0 Å². The van der Waals surface area contributed by atoms with E-state index in [9.17, 15) is 102 Å². The molecule has 1 aromatic rings. The number of carbonyl (C=O) groups excluding carboxylic acids is 14. The van der Waals surface area contributed by atoms with Crippen LogP contribution in [0.15, 0.2) is 24.3 Å². The van der Waals surface area contributed by atoms with Crippen molar-refractivity contribution >= 4 is 101 Å². The molecule has 1 fully saturated rings. The predicted octanol–water partition coefficient (Wildman–Crippen LogP) is -6.88. The van der Waals surface area contributed by atoms with E-state index in [0.717, 1.165) is 4.90 Å². The number of carbonyl (C=O) groups is 17. The third-order valence-electron chi connectivity index (χ3n) is 17.4. The number of nitrogens with two attached hydrogens (primary N) is 5. The summed E-state index contributed by atoms with van der Waals surface area (Å²) in [6, 6.07) is -12.7. The van der Waals surface area contributed by atoms with Gasteiger partial charge in [-0.15, -0.1) is 0 Å². The molecule has 14 amide bonds. The van der Waals surface area contributed by atoms with Crippen LogP contribution in [0.4, 0.5) is 0 Å². The number of aliphatic hydroxyl groups is 1. The molecular formula is C67H110N18O22. The fourth-order valence-electron chi connectivity index (χ4n) is 11.0. The van der Waals surface area contributed by atoms with E-state index < -0.39 is 243 Å². The fraction of sp³-hybridized carbons (Fsp3) is 0.657. The second-order valence-corrected chi connectivity index (χ2v) is 26.4. The van der Waals surface area contributed by atoms with Crippen molar-refractivity contribution in [2.45, 2.75) is 223 Å². The predicted molar refractivity (Wildman–Crippen MR) is 381 cm³/mol. The Morgan fingerprint density at radius 1 is 0.495 bits per heavy atom. The van der Waals surface area contributed by atoms with E-state index >= 15 is 0 Å². The molecule has 1 aromatic carbocycles. The van der Waals surface area contributed by atoms with Crippen LogP contribution >= 0.6 is 0 Å². The number of aliphatic hydroxyl groups excluding tert-OH is 1. The number of hydrogen-bond donors (Lipinski definition) is 22. The zero-order valence-corrected chi connectivity index (χ0v) is 61.1. The summed E-state index contributed by atoms with van der Waals surface area (Å²) in [5.41, 5.74) is 28.9. The maximum atomic E-state index is 14.5. The second kappa shape index (κ2) is 48.8. The Morgan fingerprint density at radius 3 is 1.45 bits per heavy atom. The summed E-state index contributed by atoms with van der Waals surface area (Å²) in [6.45, 7) is 5.43. The van der Waals surface area contributed by atoms with Crippen molar-refractivity contribution in [1.29, 1.82) is 0 Å². The number of phenolic OH excluding ortho intramolecular Hbond substituents is 1. The monoisotopic (exact) mass is 1520 g/mol. The third-order valence-corrected chi connectivity index (χ3v) is 17.4. The summed E-state index contributed by atoms with van der Waals surface area (Å²) in [4.78, 5) is 228. The number of aliphatic carboxylic acids is 3. The number of unbranched alkanes of at least 4 members (excludes halogenated alkanes) is 3. The molecule has 40 heteroatoms. The van der Waals surface area contributed by atoms with Gasteiger partial charge in [-0.25, -0.2) is 0 Å². The summed E-state index contributed by atoms with van der Waals surface area (Å²) >= 11 is 0. The number of rotatable bonds is 52. The lowest BCUT2D eigenvalue weighted by Gasteiger charge is -2.30. The number of benzene rings is 1. The van der Waals surface area contributed by atoms with Crippen molar-refractivity contribution in [2.75, 3.05) is 45.9 Å². The van der Waals surface area contributed by atoms with Crippen LogP contribution in [-0.2, 0) is 87.9 Å². The quantitative estimate of drug-likeness (QED) is 0.0270. The van der Waals surface area contributed by atoms with Gasteiger partial charge < -0.3 is 123 Å². The highest BCUT2D eigenvalue weighted by molar-refractivity contribution is 6.01. The van der Waals surface area contributed by atoms with Gasteiger partial charge in [-0.1, -0.05) is 52.7 Å². The minimum Gasteiger partial charge on any atom is -0.508 e. The minimum atomic E-state index is -1.88. The molecule has 13 atom stereocenters. The average Bonchev–Trinajstić information content (AvgIpc) is 1.71. The second-order valence-electron chi connectivity index (χ2n) is 26.4. The first-order valence-corrected chi connectivity index (χ1v) is 35.6. The van der Waals surface area contributed by atoms with Crippen LogP contribution in [0.5, 0.6) is 5.75 Å². The van der Waals surface area contributed by atoms with Crippen molar-refractivity contribution in [3.63, 3.8) is 0 Å². The number of hydrogen-bond acceptors (Lipinski definition) is 23. The number of likely N-dealkylation sites (tertiary alicyclic amines) is 1. The number of nitrogens with one attached hydrogen (secondary N) is 12. The van der Waals surface area contributed by atoms with Gasteiger partial charge in [-0.3, -0.25) is 81.5 Å². The van der Waals surface area contributed by atoms with Gasteiger partial charge in [0.2, 0.25) is 82.7 Å². The van der Waals surface area contributed by atoms with E-state index in [2.05, 4.69) is 63.8 Å². The summed E-state index contributed by atoms with van der Waals surface area (Å²) in [6.07, 6.45) is -0.141. The van der Waals surface area contributed by atoms with Crippen LogP contribution < -0.4 is 92.5 Å². The zero-order chi connectivity index (χ0) is 80.6. The molecule has 107 heavy (non-hydrogen) atoms. The maximum Gasteiger partial charge on any atom is 0.322 e. The first kappa shape index (κ1) is 92.9. The molecular weight excluding hydrogens is 1410 g/mol. The van der Waals surface area contributed by atoms with Gasteiger partial charge in [0, 0.05) is 25.8 Å². The van der Waals surface area contributed by atoms with E-state index in [0.29, 0.717) is 63.6 Å². The normalized spacial score (nSPS) is 15.9. The topological polar surface area (TPSA) is 669 Å². The van der Waals surface area contributed by atoms with Crippen LogP contribution in [0.1, 0.15) is 149 Å². The molecule has 0 radical (unpaired) electrons. The lowest BCUT2D eigenvalue weighted by Crippen LogP contribution is -2.62. The number of carboxylic acid groups (broad SMARTS) is 3. The zero-order valence-electron chi connectivity index (χ0n) is 61.1. The van der Waals surface area contributed by atoms with Gasteiger partial charge in [-0.05, 0) is 133 Å². The Hall–Kier alpha value is -10.2. The molecule has 600 valence electrons. The Labute approximate surface area is 618 Å². The molecule has 27 N–H and O–H groups in total. The Kier molecular flexibility index (Phi) is 42.4. The smallest absolute Gasteiger partial charge is 0.322 e. The number of aromatic hydroxyl groups is 1. The van der Waals surface area contributed by atoms with Gasteiger partial charge in [0.1, 0.15) is 78.8 Å². The van der Waals surface area contributed by atoms with Gasteiger partial charge >= 0.3 is 17.9 Å². The molecule has 1 heterocycles. The van der Waals surface area contributed by atoms with Crippen molar-refractivity contribution in [3.8, 4) is 5.75 Å². The molecule has 0 aromatic heterocycles. The molecule has 1 aliphatic rings. The van der Waals surface area contributed by atoms with Crippen molar-refractivity contribution < 1.29 is 107 Å². The van der Waals surface area contributed by atoms with Gasteiger partial charge in [-0.2, -0.15) is 0 Å². The molecule has 0 bridgehead atoms. The standard InChI is InChI=1S/C67H110N18O22/c1-6-36(4)55(66(106)79-44(23-25-52(92)93)58(98)75-37(5)56(96)74-33-53(94)95)84-63(103)46(31-49(72)88)81-65(105)54(35(2)3)83-62(102)45(30-38-18-20-39(87)21-19-38)80-61(101)43(22-24-51(90)91)76-50(89)32-73-64(104)48-17-13-29-85(48)67(107)47(34-86)82-60(100)42(16-9-12-28-70)78-59(99)41(15-8-11-27-69)77-57(97)40(71)14-7-10-26-68/h18-21,35-37,40-48,54-55,86-87H,6-17,22-34,68-71H2,1-5H3,(H2,72,88)(H,73,104)(H,74,96)(H,75,98)(H,76,89)(H,77,97)(H,78,99)(H,79,106)(H,80,101)(H,81,105)(H,82,100)(H,83,102)(H,84,103)(H,90,91)(H,92,93)(H,94,95)/t36-,37-,40-,41-,42-,43-,44-,45-,46-,47-,48-,54-,55-/m0/s1. The number of nitrogens with zero attached hydrogens (tertiary/aromatic N) is 1. The lowest BCUT2D eigenvalue weighted by molar-refractivity contribution is -0.143. The first-order valence-electron chi connectivity index (χ1n) is 35.6. The van der Waals surface area contributed by atoms with Crippen LogP contribution in [0.2, 0.25) is 0 Å². The van der Waals surface area contributed by atoms with Gasteiger partial charge in [0.25, 0.3) is 0 Å². The number of primary amides is 1. The molecule has 0 unspecified atom stereocenters. The minimum absolute atomic E-state index is 0.0154. The number of carboxylic acids is 3. The van der Waals surface area contributed by atoms with Crippen LogP contribution in [-0.4, -0.2) is 249 Å². The Bertz CT molecular complexity index is 3200. The largest absolute Gasteiger partial charge is 0.508 e. The van der Waals surface area contributed by atoms with Crippen molar-refractivity contribution in [3.05, 3.63) is 29.8 Å². The molecule has 0 aliphatic carbocycles. The highest BCUT2D eigenvalue weighted by Gasteiger charge is 2.41.